The Morgan fingerprint density at radius 1 is 1.25 bits per heavy atom. The molecule has 1 aliphatic heterocycles. The molecular weight excluding hydrogens is 327 g/mol. The number of nitrogens with zero attached hydrogens (tertiary/aromatic N) is 2. The highest BCUT2D eigenvalue weighted by atomic mass is 79.9. The van der Waals surface area contributed by atoms with Crippen molar-refractivity contribution in [2.24, 2.45) is 0 Å². The normalized spacial score (nSPS) is 13.8. The van der Waals surface area contributed by atoms with Gasteiger partial charge in [-0.15, -0.1) is 0 Å². The van der Waals surface area contributed by atoms with E-state index in [4.69, 9.17) is 0 Å². The van der Waals surface area contributed by atoms with Gasteiger partial charge in [-0.2, -0.15) is 0 Å². The number of aromatic nitrogens is 1. The first-order valence-electron chi connectivity index (χ1n) is 5.80. The summed E-state index contributed by atoms with van der Waals surface area (Å²) < 4.78 is 13.7. The molecule has 2 amide bonds. The second-order valence-corrected chi connectivity index (χ2v) is 5.25. The molecule has 2 aromatic rings. The first-order chi connectivity index (χ1) is 9.50. The molecule has 0 aliphatic carbocycles. The number of hydrogen-bond acceptors (Lipinski definition) is 3. The van der Waals surface area contributed by atoms with E-state index in [1.165, 1.54) is 18.3 Å². The van der Waals surface area contributed by atoms with Gasteiger partial charge < -0.3 is 0 Å². The minimum absolute atomic E-state index is 0.123. The second kappa shape index (κ2) is 4.49. The number of anilines is 1. The Labute approximate surface area is 122 Å². The van der Waals surface area contributed by atoms with Gasteiger partial charge in [0.1, 0.15) is 11.5 Å². The van der Waals surface area contributed by atoms with Crippen LogP contribution in [0, 0.1) is 12.7 Å². The number of rotatable bonds is 1. The van der Waals surface area contributed by atoms with Crippen molar-refractivity contribution in [3.05, 3.63) is 57.6 Å². The van der Waals surface area contributed by atoms with E-state index in [0.717, 1.165) is 4.90 Å². The van der Waals surface area contributed by atoms with Crippen molar-refractivity contribution in [2.75, 3.05) is 4.90 Å². The predicted octanol–water partition coefficient (Wildman–Crippen LogP) is 3.09. The molecule has 1 aliphatic rings. The molecule has 0 bridgehead atoms. The summed E-state index contributed by atoms with van der Waals surface area (Å²) in [5, 5.41) is 0. The number of carbonyl (C=O) groups excluding carboxylic acids is 2. The van der Waals surface area contributed by atoms with E-state index in [1.54, 1.807) is 19.1 Å². The highest BCUT2D eigenvalue weighted by molar-refractivity contribution is 9.10. The molecule has 100 valence electrons. The maximum atomic E-state index is 13.5. The van der Waals surface area contributed by atoms with Crippen molar-refractivity contribution in [3.8, 4) is 0 Å². The zero-order valence-electron chi connectivity index (χ0n) is 10.4. The summed E-state index contributed by atoms with van der Waals surface area (Å²) in [4.78, 5) is 29.6. The monoisotopic (exact) mass is 334 g/mol. The molecule has 1 aromatic heterocycles. The summed E-state index contributed by atoms with van der Waals surface area (Å²) in [5.74, 6) is -1.38. The Kier molecular flexibility index (Phi) is 2.90. The quantitative estimate of drug-likeness (QED) is 0.753. The Balaban J connectivity index is 2.17. The molecule has 0 spiro atoms. The number of amides is 2. The van der Waals surface area contributed by atoms with Crippen molar-refractivity contribution in [1.29, 1.82) is 0 Å². The summed E-state index contributed by atoms with van der Waals surface area (Å²) in [6.45, 7) is 1.64. The maximum Gasteiger partial charge on any atom is 0.284 e. The van der Waals surface area contributed by atoms with Crippen LogP contribution in [0.25, 0.3) is 0 Å². The van der Waals surface area contributed by atoms with Crippen LogP contribution in [0.3, 0.4) is 0 Å². The lowest BCUT2D eigenvalue weighted by Gasteiger charge is -2.17. The topological polar surface area (TPSA) is 50.3 Å². The van der Waals surface area contributed by atoms with E-state index in [1.807, 2.05) is 0 Å². The Hall–Kier alpha value is -2.08. The van der Waals surface area contributed by atoms with Gasteiger partial charge in [0.2, 0.25) is 0 Å². The van der Waals surface area contributed by atoms with Crippen LogP contribution in [0.4, 0.5) is 10.1 Å². The van der Waals surface area contributed by atoms with Gasteiger partial charge in [0, 0.05) is 6.20 Å². The third-order valence-electron chi connectivity index (χ3n) is 3.13. The number of aryl methyl sites for hydroxylation is 1. The van der Waals surface area contributed by atoms with E-state index in [2.05, 4.69) is 20.9 Å². The standard InChI is InChI=1S/C14H8BrFN2O2/c1-7-5-10(16)9(15)6-11(7)18-13(19)8-3-2-4-17-12(8)14(18)20/h2-6H,1H3. The first kappa shape index (κ1) is 12.9. The highest BCUT2D eigenvalue weighted by Gasteiger charge is 2.38. The van der Waals surface area contributed by atoms with Crippen LogP contribution in [-0.4, -0.2) is 16.8 Å². The maximum absolute atomic E-state index is 13.5. The van der Waals surface area contributed by atoms with Gasteiger partial charge in [-0.1, -0.05) is 0 Å². The molecule has 0 fully saturated rings. The fourth-order valence-electron chi connectivity index (χ4n) is 2.16. The van der Waals surface area contributed by atoms with E-state index in [9.17, 15) is 14.0 Å². The average Bonchev–Trinajstić information content (AvgIpc) is 2.68. The van der Waals surface area contributed by atoms with Gasteiger partial charge in [0.25, 0.3) is 11.8 Å². The zero-order chi connectivity index (χ0) is 14.4. The minimum Gasteiger partial charge on any atom is -0.268 e. The molecule has 3 rings (SSSR count). The number of hydrogen-bond donors (Lipinski definition) is 0. The zero-order valence-corrected chi connectivity index (χ0v) is 11.9. The summed E-state index contributed by atoms with van der Waals surface area (Å²) in [7, 11) is 0. The Morgan fingerprint density at radius 3 is 2.70 bits per heavy atom. The summed E-state index contributed by atoms with van der Waals surface area (Å²) in [6, 6.07) is 5.85. The van der Waals surface area contributed by atoms with Crippen LogP contribution in [0.1, 0.15) is 26.4 Å². The second-order valence-electron chi connectivity index (χ2n) is 4.40. The SMILES string of the molecule is Cc1cc(F)c(Br)cc1N1C(=O)c2cccnc2C1=O. The number of pyridine rings is 1. The lowest BCUT2D eigenvalue weighted by Crippen LogP contribution is -2.30. The summed E-state index contributed by atoms with van der Waals surface area (Å²) in [5.41, 5.74) is 1.24. The first-order valence-corrected chi connectivity index (χ1v) is 6.59. The van der Waals surface area contributed by atoms with Crippen LogP contribution in [0.5, 0.6) is 0 Å². The summed E-state index contributed by atoms with van der Waals surface area (Å²) in [6.07, 6.45) is 1.46. The average molecular weight is 335 g/mol. The fraction of sp³-hybridized carbons (Fsp3) is 0.0714. The van der Waals surface area contributed by atoms with Crippen LogP contribution < -0.4 is 4.90 Å². The van der Waals surface area contributed by atoms with Crippen molar-refractivity contribution in [1.82, 2.24) is 4.98 Å². The molecule has 0 atom stereocenters. The van der Waals surface area contributed by atoms with Gasteiger partial charge in [0.05, 0.1) is 15.7 Å². The number of carbonyl (C=O) groups is 2. The van der Waals surface area contributed by atoms with E-state index in [-0.39, 0.29) is 15.7 Å². The van der Waals surface area contributed by atoms with Gasteiger partial charge in [-0.25, -0.2) is 9.29 Å². The Bertz CT molecular complexity index is 726. The molecule has 2 heterocycles. The van der Waals surface area contributed by atoms with Gasteiger partial charge in [0.15, 0.2) is 0 Å². The van der Waals surface area contributed by atoms with Crippen molar-refractivity contribution >= 4 is 33.4 Å². The molecule has 20 heavy (non-hydrogen) atoms. The van der Waals surface area contributed by atoms with Crippen LogP contribution in [0.15, 0.2) is 34.9 Å². The highest BCUT2D eigenvalue weighted by Crippen LogP contribution is 2.32. The smallest absolute Gasteiger partial charge is 0.268 e. The van der Waals surface area contributed by atoms with Gasteiger partial charge in [-0.05, 0) is 52.7 Å². The van der Waals surface area contributed by atoms with Gasteiger partial charge >= 0.3 is 0 Å². The molecular formula is C14H8BrFN2O2. The Morgan fingerprint density at radius 2 is 2.00 bits per heavy atom. The number of benzene rings is 1. The lowest BCUT2D eigenvalue weighted by atomic mass is 10.1. The number of imide groups is 1. The van der Waals surface area contributed by atoms with Crippen LogP contribution in [-0.2, 0) is 0 Å². The van der Waals surface area contributed by atoms with Crippen molar-refractivity contribution in [2.45, 2.75) is 6.92 Å². The molecule has 0 unspecified atom stereocenters. The minimum atomic E-state index is -0.493. The summed E-state index contributed by atoms with van der Waals surface area (Å²) >= 11 is 3.06. The molecule has 4 nitrogen and oxygen atoms in total. The molecule has 0 radical (unpaired) electrons. The molecule has 0 saturated heterocycles. The van der Waals surface area contributed by atoms with E-state index >= 15 is 0 Å². The van der Waals surface area contributed by atoms with E-state index in [0.29, 0.717) is 11.3 Å². The van der Waals surface area contributed by atoms with Crippen LogP contribution >= 0.6 is 15.9 Å². The van der Waals surface area contributed by atoms with Crippen molar-refractivity contribution < 1.29 is 14.0 Å². The third-order valence-corrected chi connectivity index (χ3v) is 3.73. The van der Waals surface area contributed by atoms with Crippen LogP contribution in [0.2, 0.25) is 0 Å². The van der Waals surface area contributed by atoms with Crippen molar-refractivity contribution in [3.63, 3.8) is 0 Å². The molecule has 0 saturated carbocycles. The molecule has 1 aromatic carbocycles. The van der Waals surface area contributed by atoms with E-state index < -0.39 is 17.6 Å². The number of fused-ring (bicyclic) bond motifs is 1. The molecule has 6 heteroatoms. The fourth-order valence-corrected chi connectivity index (χ4v) is 2.49. The third kappa shape index (κ3) is 1.76. The largest absolute Gasteiger partial charge is 0.284 e. The van der Waals surface area contributed by atoms with Gasteiger partial charge in [-0.3, -0.25) is 14.6 Å². The lowest BCUT2D eigenvalue weighted by molar-refractivity contribution is 0.0924. The number of halogens is 2. The molecule has 0 N–H and O–H groups in total. The predicted molar refractivity (Wildman–Crippen MR) is 74.2 cm³/mol.